The number of aryl methyl sites for hydroxylation is 1. The van der Waals surface area contributed by atoms with Crippen LogP contribution >= 0.6 is 22.9 Å². The first kappa shape index (κ1) is 12.5. The number of methoxy groups -OCH3 is 1. The average molecular weight is 267 g/mol. The minimum Gasteiger partial charge on any atom is -0.496 e. The number of alkyl halides is 1. The summed E-state index contributed by atoms with van der Waals surface area (Å²) in [5, 5.41) is 1.99. The van der Waals surface area contributed by atoms with E-state index in [1.54, 1.807) is 18.4 Å². The number of benzene rings is 1. The van der Waals surface area contributed by atoms with Crippen LogP contribution in [0, 0.1) is 6.92 Å². The van der Waals surface area contributed by atoms with Crippen molar-refractivity contribution >= 4 is 22.9 Å². The summed E-state index contributed by atoms with van der Waals surface area (Å²) >= 11 is 8.08. The fraction of sp³-hybridized carbons (Fsp3) is 0.286. The fourth-order valence-electron chi connectivity index (χ4n) is 1.73. The maximum atomic E-state index is 6.44. The van der Waals surface area contributed by atoms with Crippen LogP contribution in [-0.4, -0.2) is 7.11 Å². The minimum atomic E-state index is -0.0207. The second-order valence-electron chi connectivity index (χ2n) is 4.01. The van der Waals surface area contributed by atoms with E-state index in [0.29, 0.717) is 0 Å². The van der Waals surface area contributed by atoms with Gasteiger partial charge >= 0.3 is 0 Å². The molecule has 0 bridgehead atoms. The second-order valence-corrected chi connectivity index (χ2v) is 5.49. The molecule has 0 fully saturated rings. The summed E-state index contributed by atoms with van der Waals surface area (Å²) in [4.78, 5) is 1.11. The molecule has 90 valence electrons. The van der Waals surface area contributed by atoms with Crippen LogP contribution in [0.15, 0.2) is 35.7 Å². The monoisotopic (exact) mass is 266 g/mol. The number of hydrogen-bond donors (Lipinski definition) is 0. The van der Waals surface area contributed by atoms with E-state index >= 15 is 0 Å². The molecule has 2 aromatic rings. The Hall–Kier alpha value is -0.990. The first-order valence-corrected chi connectivity index (χ1v) is 6.83. The van der Waals surface area contributed by atoms with E-state index in [0.717, 1.165) is 17.0 Å². The van der Waals surface area contributed by atoms with E-state index in [-0.39, 0.29) is 5.38 Å². The van der Waals surface area contributed by atoms with Gasteiger partial charge < -0.3 is 4.74 Å². The zero-order valence-electron chi connectivity index (χ0n) is 9.94. The van der Waals surface area contributed by atoms with Crippen LogP contribution in [0.3, 0.4) is 0 Å². The highest BCUT2D eigenvalue weighted by Gasteiger charge is 2.15. The number of thiophene rings is 1. The zero-order chi connectivity index (χ0) is 12.3. The van der Waals surface area contributed by atoms with Crippen molar-refractivity contribution in [2.45, 2.75) is 18.7 Å². The van der Waals surface area contributed by atoms with Crippen LogP contribution in [-0.2, 0) is 6.42 Å². The smallest absolute Gasteiger partial charge is 0.134 e. The zero-order valence-corrected chi connectivity index (χ0v) is 11.5. The number of rotatable bonds is 4. The summed E-state index contributed by atoms with van der Waals surface area (Å²) in [6.45, 7) is 2.09. The van der Waals surface area contributed by atoms with Gasteiger partial charge in [-0.15, -0.1) is 22.9 Å². The Labute approximate surface area is 111 Å². The largest absolute Gasteiger partial charge is 0.496 e. The topological polar surface area (TPSA) is 9.23 Å². The van der Waals surface area contributed by atoms with Gasteiger partial charge in [-0.2, -0.15) is 0 Å². The number of hydrogen-bond acceptors (Lipinski definition) is 2. The van der Waals surface area contributed by atoms with Gasteiger partial charge in [0.05, 0.1) is 17.4 Å². The maximum absolute atomic E-state index is 6.44. The Kier molecular flexibility index (Phi) is 4.08. The van der Waals surface area contributed by atoms with Crippen LogP contribution in [0.5, 0.6) is 5.75 Å². The molecule has 0 amide bonds. The molecule has 0 N–H and O–H groups in total. The van der Waals surface area contributed by atoms with Crippen LogP contribution in [0.2, 0.25) is 0 Å². The van der Waals surface area contributed by atoms with Gasteiger partial charge in [0.1, 0.15) is 5.75 Å². The van der Waals surface area contributed by atoms with Gasteiger partial charge in [0, 0.05) is 0 Å². The van der Waals surface area contributed by atoms with E-state index < -0.39 is 0 Å². The SMILES string of the molecule is COc1ccsc1C(Cl)Cc1ccc(C)cc1. The van der Waals surface area contributed by atoms with Gasteiger partial charge in [-0.3, -0.25) is 0 Å². The molecule has 17 heavy (non-hydrogen) atoms. The fourth-order valence-corrected chi connectivity index (χ4v) is 3.01. The minimum absolute atomic E-state index is 0.0207. The van der Waals surface area contributed by atoms with Crippen molar-refractivity contribution in [2.75, 3.05) is 7.11 Å². The molecule has 0 spiro atoms. The van der Waals surface area contributed by atoms with Crippen LogP contribution in [0.4, 0.5) is 0 Å². The first-order valence-electron chi connectivity index (χ1n) is 5.51. The molecule has 1 aromatic heterocycles. The van der Waals surface area contributed by atoms with Gasteiger partial charge in [-0.1, -0.05) is 29.8 Å². The Morgan fingerprint density at radius 1 is 1.24 bits per heavy atom. The van der Waals surface area contributed by atoms with Gasteiger partial charge in [0.15, 0.2) is 0 Å². The summed E-state index contributed by atoms with van der Waals surface area (Å²) in [5.74, 6) is 0.891. The van der Waals surface area contributed by atoms with Crippen LogP contribution in [0.25, 0.3) is 0 Å². The molecule has 2 rings (SSSR count). The van der Waals surface area contributed by atoms with Crippen molar-refractivity contribution < 1.29 is 4.74 Å². The van der Waals surface area contributed by atoms with E-state index in [4.69, 9.17) is 16.3 Å². The lowest BCUT2D eigenvalue weighted by atomic mass is 10.1. The predicted octanol–water partition coefficient (Wildman–Crippen LogP) is 4.59. The summed E-state index contributed by atoms with van der Waals surface area (Å²) in [6, 6.07) is 10.5. The van der Waals surface area contributed by atoms with E-state index in [2.05, 4.69) is 31.2 Å². The highest BCUT2D eigenvalue weighted by Crippen LogP contribution is 2.36. The van der Waals surface area contributed by atoms with Crippen molar-refractivity contribution in [3.63, 3.8) is 0 Å². The number of halogens is 1. The lowest BCUT2D eigenvalue weighted by Crippen LogP contribution is -1.96. The Morgan fingerprint density at radius 3 is 2.59 bits per heavy atom. The molecular formula is C14H15ClOS. The molecular weight excluding hydrogens is 252 g/mol. The third kappa shape index (κ3) is 3.02. The molecule has 0 aliphatic carbocycles. The third-order valence-electron chi connectivity index (χ3n) is 2.70. The molecule has 3 heteroatoms. The average Bonchev–Trinajstić information content (AvgIpc) is 2.80. The molecule has 1 heterocycles. The molecule has 0 radical (unpaired) electrons. The molecule has 1 unspecified atom stereocenters. The first-order chi connectivity index (χ1) is 8.20. The van der Waals surface area contributed by atoms with Crippen LogP contribution in [0.1, 0.15) is 21.4 Å². The molecule has 0 aliphatic heterocycles. The molecule has 1 nitrogen and oxygen atoms in total. The number of ether oxygens (including phenoxy) is 1. The van der Waals surface area contributed by atoms with E-state index in [1.807, 2.05) is 11.4 Å². The predicted molar refractivity (Wildman–Crippen MR) is 74.3 cm³/mol. The molecule has 0 saturated heterocycles. The van der Waals surface area contributed by atoms with Crippen LogP contribution < -0.4 is 4.74 Å². The third-order valence-corrected chi connectivity index (χ3v) is 4.21. The van der Waals surface area contributed by atoms with Crippen molar-refractivity contribution in [2.24, 2.45) is 0 Å². The second kappa shape index (κ2) is 5.56. The maximum Gasteiger partial charge on any atom is 0.134 e. The summed E-state index contributed by atoms with van der Waals surface area (Å²) in [5.41, 5.74) is 2.53. The summed E-state index contributed by atoms with van der Waals surface area (Å²) in [6.07, 6.45) is 0.832. The Balaban J connectivity index is 2.11. The Bertz CT molecular complexity index is 475. The molecule has 1 atom stereocenters. The molecule has 0 aliphatic rings. The van der Waals surface area contributed by atoms with Gasteiger partial charge in [0.25, 0.3) is 0 Å². The van der Waals surface area contributed by atoms with Crippen molar-refractivity contribution in [3.05, 3.63) is 51.7 Å². The quantitative estimate of drug-likeness (QED) is 0.736. The lowest BCUT2D eigenvalue weighted by molar-refractivity contribution is 0.412. The highest BCUT2D eigenvalue weighted by molar-refractivity contribution is 7.10. The normalized spacial score (nSPS) is 12.4. The molecule has 1 aromatic carbocycles. The van der Waals surface area contributed by atoms with Crippen molar-refractivity contribution in [3.8, 4) is 5.75 Å². The van der Waals surface area contributed by atoms with E-state index in [9.17, 15) is 0 Å². The Morgan fingerprint density at radius 2 is 1.94 bits per heavy atom. The van der Waals surface area contributed by atoms with Crippen molar-refractivity contribution in [1.29, 1.82) is 0 Å². The van der Waals surface area contributed by atoms with Gasteiger partial charge in [0.2, 0.25) is 0 Å². The van der Waals surface area contributed by atoms with Gasteiger partial charge in [-0.05, 0) is 30.4 Å². The summed E-state index contributed by atoms with van der Waals surface area (Å²) < 4.78 is 5.29. The highest BCUT2D eigenvalue weighted by atomic mass is 35.5. The standard InChI is InChI=1S/C14H15ClOS/c1-10-3-5-11(6-4-10)9-12(15)14-13(16-2)7-8-17-14/h3-8,12H,9H2,1-2H3. The van der Waals surface area contributed by atoms with Crippen molar-refractivity contribution in [1.82, 2.24) is 0 Å². The lowest BCUT2D eigenvalue weighted by Gasteiger charge is -2.10. The molecule has 0 saturated carbocycles. The van der Waals surface area contributed by atoms with Gasteiger partial charge in [-0.25, -0.2) is 0 Å². The van der Waals surface area contributed by atoms with E-state index in [1.165, 1.54) is 11.1 Å². The summed E-state index contributed by atoms with van der Waals surface area (Å²) in [7, 11) is 1.68.